The first-order valence-electron chi connectivity index (χ1n) is 9.47. The number of hydrogen-bond acceptors (Lipinski definition) is 6. The fourth-order valence-electron chi connectivity index (χ4n) is 3.55. The Balaban J connectivity index is 1.23. The van der Waals surface area contributed by atoms with E-state index in [4.69, 9.17) is 4.74 Å². The molecule has 0 radical (unpaired) electrons. The summed E-state index contributed by atoms with van der Waals surface area (Å²) in [5, 5.41) is 2.98. The van der Waals surface area contributed by atoms with E-state index >= 15 is 0 Å². The maximum absolute atomic E-state index is 12.2. The molecule has 1 aromatic carbocycles. The predicted molar refractivity (Wildman–Crippen MR) is 102 cm³/mol. The fourth-order valence-corrected chi connectivity index (χ4v) is 3.55. The molecule has 142 valence electrons. The van der Waals surface area contributed by atoms with Crippen LogP contribution in [0.2, 0.25) is 0 Å². The lowest BCUT2D eigenvalue weighted by Crippen LogP contribution is -2.37. The second-order valence-corrected chi connectivity index (χ2v) is 6.97. The van der Waals surface area contributed by atoms with E-state index in [1.54, 1.807) is 6.33 Å². The zero-order valence-corrected chi connectivity index (χ0v) is 15.4. The summed E-state index contributed by atoms with van der Waals surface area (Å²) < 4.78 is 5.37. The summed E-state index contributed by atoms with van der Waals surface area (Å²) in [6, 6.07) is 10.4. The van der Waals surface area contributed by atoms with E-state index < -0.39 is 0 Å². The SMILES string of the molecule is O=C(CCN1Cc2ccccc2C1)NCc1cc(N2CCOCC2)ncn1. The number of carbonyl (C=O) groups is 1. The van der Waals surface area contributed by atoms with Crippen LogP contribution in [0.3, 0.4) is 0 Å². The van der Waals surface area contributed by atoms with Gasteiger partial charge in [0, 0.05) is 45.2 Å². The zero-order valence-electron chi connectivity index (χ0n) is 15.4. The van der Waals surface area contributed by atoms with E-state index in [9.17, 15) is 4.79 Å². The summed E-state index contributed by atoms with van der Waals surface area (Å²) in [5.74, 6) is 0.949. The minimum Gasteiger partial charge on any atom is -0.378 e. The molecule has 27 heavy (non-hydrogen) atoms. The van der Waals surface area contributed by atoms with Gasteiger partial charge in [0.25, 0.3) is 0 Å². The van der Waals surface area contributed by atoms with Crippen LogP contribution in [-0.4, -0.2) is 53.6 Å². The minimum atomic E-state index is 0.0532. The molecule has 7 nitrogen and oxygen atoms in total. The number of aromatic nitrogens is 2. The largest absolute Gasteiger partial charge is 0.378 e. The van der Waals surface area contributed by atoms with Gasteiger partial charge in [-0.15, -0.1) is 0 Å². The number of nitrogens with one attached hydrogen (secondary N) is 1. The average Bonchev–Trinajstić information content (AvgIpc) is 3.15. The van der Waals surface area contributed by atoms with Crippen molar-refractivity contribution in [2.24, 2.45) is 0 Å². The summed E-state index contributed by atoms with van der Waals surface area (Å²) in [5.41, 5.74) is 3.57. The van der Waals surface area contributed by atoms with Crippen molar-refractivity contribution in [3.05, 3.63) is 53.5 Å². The Morgan fingerprint density at radius 2 is 1.85 bits per heavy atom. The van der Waals surface area contributed by atoms with E-state index in [1.165, 1.54) is 11.1 Å². The van der Waals surface area contributed by atoms with Crippen LogP contribution in [0.5, 0.6) is 0 Å². The molecule has 0 bridgehead atoms. The van der Waals surface area contributed by atoms with Crippen molar-refractivity contribution in [3.8, 4) is 0 Å². The van der Waals surface area contributed by atoms with Crippen LogP contribution in [0.4, 0.5) is 5.82 Å². The molecule has 0 saturated carbocycles. The number of rotatable bonds is 6. The van der Waals surface area contributed by atoms with Crippen LogP contribution >= 0.6 is 0 Å². The number of morpholine rings is 1. The Labute approximate surface area is 159 Å². The molecule has 7 heteroatoms. The molecule has 3 heterocycles. The quantitative estimate of drug-likeness (QED) is 0.831. The summed E-state index contributed by atoms with van der Waals surface area (Å²) in [4.78, 5) is 25.3. The second kappa shape index (κ2) is 8.45. The third-order valence-electron chi connectivity index (χ3n) is 5.07. The van der Waals surface area contributed by atoms with E-state index in [2.05, 4.69) is 49.4 Å². The number of ether oxygens (including phenoxy) is 1. The Morgan fingerprint density at radius 3 is 2.59 bits per heavy atom. The van der Waals surface area contributed by atoms with Crippen molar-refractivity contribution in [3.63, 3.8) is 0 Å². The molecule has 1 amide bonds. The molecule has 4 rings (SSSR count). The maximum Gasteiger partial charge on any atom is 0.221 e. The highest BCUT2D eigenvalue weighted by atomic mass is 16.5. The van der Waals surface area contributed by atoms with Gasteiger partial charge in [-0.05, 0) is 11.1 Å². The lowest BCUT2D eigenvalue weighted by atomic mass is 10.1. The molecule has 1 fully saturated rings. The number of anilines is 1. The molecule has 1 saturated heterocycles. The number of nitrogens with zero attached hydrogens (tertiary/aromatic N) is 4. The second-order valence-electron chi connectivity index (χ2n) is 6.97. The molecular weight excluding hydrogens is 342 g/mol. The van der Waals surface area contributed by atoms with Gasteiger partial charge < -0.3 is 15.0 Å². The van der Waals surface area contributed by atoms with Gasteiger partial charge in [0.2, 0.25) is 5.91 Å². The van der Waals surface area contributed by atoms with Crippen LogP contribution in [0, 0.1) is 0 Å². The lowest BCUT2D eigenvalue weighted by Gasteiger charge is -2.27. The number of fused-ring (bicyclic) bond motifs is 1. The molecule has 2 aromatic rings. The molecule has 0 atom stereocenters. The van der Waals surface area contributed by atoms with Crippen molar-refractivity contribution < 1.29 is 9.53 Å². The summed E-state index contributed by atoms with van der Waals surface area (Å²) in [6.07, 6.45) is 2.06. The summed E-state index contributed by atoms with van der Waals surface area (Å²) >= 11 is 0. The monoisotopic (exact) mass is 367 g/mol. The normalized spacial score (nSPS) is 17.0. The van der Waals surface area contributed by atoms with Gasteiger partial charge >= 0.3 is 0 Å². The van der Waals surface area contributed by atoms with E-state index in [-0.39, 0.29) is 5.91 Å². The molecule has 2 aliphatic rings. The molecular formula is C20H25N5O2. The number of amides is 1. The molecule has 0 spiro atoms. The minimum absolute atomic E-state index is 0.0532. The third-order valence-corrected chi connectivity index (χ3v) is 5.07. The van der Waals surface area contributed by atoms with Crippen LogP contribution in [0.1, 0.15) is 23.2 Å². The first-order valence-corrected chi connectivity index (χ1v) is 9.47. The van der Waals surface area contributed by atoms with E-state index in [0.29, 0.717) is 13.0 Å². The van der Waals surface area contributed by atoms with Gasteiger partial charge in [-0.3, -0.25) is 9.69 Å². The maximum atomic E-state index is 12.2. The topological polar surface area (TPSA) is 70.6 Å². The van der Waals surface area contributed by atoms with E-state index in [1.807, 2.05) is 6.07 Å². The van der Waals surface area contributed by atoms with Crippen molar-refractivity contribution in [2.45, 2.75) is 26.1 Å². The van der Waals surface area contributed by atoms with Gasteiger partial charge in [-0.1, -0.05) is 24.3 Å². The highest BCUT2D eigenvalue weighted by Crippen LogP contribution is 2.22. The van der Waals surface area contributed by atoms with Crippen molar-refractivity contribution in [1.29, 1.82) is 0 Å². The van der Waals surface area contributed by atoms with Gasteiger partial charge in [-0.25, -0.2) is 9.97 Å². The Morgan fingerprint density at radius 1 is 1.11 bits per heavy atom. The summed E-state index contributed by atoms with van der Waals surface area (Å²) in [6.45, 7) is 6.16. The smallest absolute Gasteiger partial charge is 0.221 e. The highest BCUT2D eigenvalue weighted by molar-refractivity contribution is 5.76. The Bertz CT molecular complexity index is 766. The first-order chi connectivity index (χ1) is 13.3. The fraction of sp³-hybridized carbons (Fsp3) is 0.450. The molecule has 2 aliphatic heterocycles. The number of carbonyl (C=O) groups excluding carboxylic acids is 1. The van der Waals surface area contributed by atoms with Crippen molar-refractivity contribution in [1.82, 2.24) is 20.2 Å². The number of hydrogen-bond donors (Lipinski definition) is 1. The molecule has 0 unspecified atom stereocenters. The van der Waals surface area contributed by atoms with Gasteiger partial charge in [0.05, 0.1) is 25.5 Å². The van der Waals surface area contributed by atoms with Gasteiger partial charge in [-0.2, -0.15) is 0 Å². The Hall–Kier alpha value is -2.51. The summed E-state index contributed by atoms with van der Waals surface area (Å²) in [7, 11) is 0. The first kappa shape index (κ1) is 17.9. The number of benzene rings is 1. The predicted octanol–water partition coefficient (Wildman–Crippen LogP) is 1.34. The van der Waals surface area contributed by atoms with E-state index in [0.717, 1.165) is 57.4 Å². The van der Waals surface area contributed by atoms with Crippen molar-refractivity contribution >= 4 is 11.7 Å². The van der Waals surface area contributed by atoms with Crippen molar-refractivity contribution in [2.75, 3.05) is 37.7 Å². The van der Waals surface area contributed by atoms with Crippen LogP contribution < -0.4 is 10.2 Å². The standard InChI is InChI=1S/C20H25N5O2/c26-20(5-6-24-13-16-3-1-2-4-17(16)14-24)21-12-18-11-19(23-15-22-18)25-7-9-27-10-8-25/h1-4,11,15H,5-10,12-14H2,(H,21,26). The zero-order chi connectivity index (χ0) is 18.5. The van der Waals surface area contributed by atoms with Gasteiger partial charge in [0.15, 0.2) is 0 Å². The molecule has 1 N–H and O–H groups in total. The molecule has 1 aromatic heterocycles. The van der Waals surface area contributed by atoms with Crippen LogP contribution in [0.25, 0.3) is 0 Å². The highest BCUT2D eigenvalue weighted by Gasteiger charge is 2.18. The van der Waals surface area contributed by atoms with Crippen LogP contribution in [-0.2, 0) is 29.2 Å². The third kappa shape index (κ3) is 4.61. The molecule has 0 aliphatic carbocycles. The average molecular weight is 367 g/mol. The van der Waals surface area contributed by atoms with Gasteiger partial charge in [0.1, 0.15) is 12.1 Å². The lowest BCUT2D eigenvalue weighted by molar-refractivity contribution is -0.121. The van der Waals surface area contributed by atoms with Crippen LogP contribution in [0.15, 0.2) is 36.7 Å². The Kier molecular flexibility index (Phi) is 5.60.